The molecule has 1 fully saturated rings. The fourth-order valence-electron chi connectivity index (χ4n) is 2.74. The van der Waals surface area contributed by atoms with E-state index in [4.69, 9.17) is 10.5 Å². The van der Waals surface area contributed by atoms with Gasteiger partial charge in [-0.1, -0.05) is 13.8 Å². The Hall–Kier alpha value is -0.320. The number of nitrogens with two attached hydrogens (primary N) is 1. The Morgan fingerprint density at radius 2 is 2.16 bits per heavy atom. The maximum absolute atomic E-state index is 12.1. The van der Waals surface area contributed by atoms with Crippen molar-refractivity contribution in [1.29, 1.82) is 0 Å². The second-order valence-corrected chi connectivity index (χ2v) is 5.78. The molecule has 1 saturated heterocycles. The average molecular weight is 293 g/mol. The third-order valence-corrected chi connectivity index (χ3v) is 3.67. The Kier molecular flexibility index (Phi) is 9.40. The molecule has 2 N–H and O–H groups in total. The van der Waals surface area contributed by atoms with E-state index >= 15 is 0 Å². The summed E-state index contributed by atoms with van der Waals surface area (Å²) in [6.45, 7) is 6.71. The molecule has 0 spiro atoms. The molecule has 0 saturated carbocycles. The topological polar surface area (TPSA) is 55.6 Å². The maximum atomic E-state index is 12.1. The maximum Gasteiger partial charge on any atom is 0.225 e. The molecule has 1 aliphatic heterocycles. The molecule has 2 atom stereocenters. The van der Waals surface area contributed by atoms with E-state index in [-0.39, 0.29) is 24.4 Å². The normalized spacial score (nSPS) is 21.1. The van der Waals surface area contributed by atoms with Crippen LogP contribution in [-0.4, -0.2) is 43.7 Å². The fraction of sp³-hybridized carbons (Fsp3) is 0.929. The number of rotatable bonds is 6. The summed E-state index contributed by atoms with van der Waals surface area (Å²) >= 11 is 0. The second kappa shape index (κ2) is 9.56. The van der Waals surface area contributed by atoms with E-state index < -0.39 is 0 Å². The van der Waals surface area contributed by atoms with Crippen LogP contribution < -0.4 is 5.73 Å². The van der Waals surface area contributed by atoms with Crippen LogP contribution in [0.25, 0.3) is 0 Å². The van der Waals surface area contributed by atoms with Crippen molar-refractivity contribution in [1.82, 2.24) is 4.90 Å². The molecule has 0 radical (unpaired) electrons. The summed E-state index contributed by atoms with van der Waals surface area (Å²) in [5.41, 5.74) is 5.56. The number of carbonyl (C=O) groups is 1. The van der Waals surface area contributed by atoms with Gasteiger partial charge in [0.05, 0.1) is 12.5 Å². The fourth-order valence-corrected chi connectivity index (χ4v) is 2.74. The molecule has 19 heavy (non-hydrogen) atoms. The van der Waals surface area contributed by atoms with E-state index in [1.54, 1.807) is 7.11 Å². The number of carbonyl (C=O) groups excluding carboxylic acids is 1. The number of piperidine rings is 1. The molecular weight excluding hydrogens is 264 g/mol. The summed E-state index contributed by atoms with van der Waals surface area (Å²) in [5, 5.41) is 0. The first-order chi connectivity index (χ1) is 8.56. The van der Waals surface area contributed by atoms with Crippen LogP contribution in [0.15, 0.2) is 0 Å². The molecular formula is C14H29ClN2O2. The van der Waals surface area contributed by atoms with Crippen molar-refractivity contribution in [3.63, 3.8) is 0 Å². The van der Waals surface area contributed by atoms with Crippen LogP contribution in [0, 0.1) is 11.8 Å². The predicted molar refractivity (Wildman–Crippen MR) is 80.5 cm³/mol. The number of methoxy groups -OCH3 is 1. The Labute approximate surface area is 123 Å². The molecule has 4 nitrogen and oxygen atoms in total. The molecule has 2 unspecified atom stereocenters. The highest BCUT2D eigenvalue weighted by molar-refractivity contribution is 5.85. The summed E-state index contributed by atoms with van der Waals surface area (Å²) in [5.74, 6) is 1.57. The predicted octanol–water partition coefficient (Wildman–Crippen LogP) is 2.06. The van der Waals surface area contributed by atoms with Gasteiger partial charge in [-0.15, -0.1) is 12.4 Å². The molecule has 0 aromatic rings. The molecule has 0 aliphatic carbocycles. The zero-order valence-corrected chi connectivity index (χ0v) is 13.2. The van der Waals surface area contributed by atoms with Gasteiger partial charge < -0.3 is 15.4 Å². The summed E-state index contributed by atoms with van der Waals surface area (Å²) in [6, 6.07) is 0. The SMILES string of the molecule is COC(CN)CC(=O)N1CCCC(CC(C)C)C1.Cl. The van der Waals surface area contributed by atoms with Crippen LogP contribution in [0.4, 0.5) is 0 Å². The molecule has 1 amide bonds. The van der Waals surface area contributed by atoms with Gasteiger partial charge in [-0.05, 0) is 31.1 Å². The van der Waals surface area contributed by atoms with E-state index in [1.165, 1.54) is 12.8 Å². The van der Waals surface area contributed by atoms with Gasteiger partial charge in [-0.25, -0.2) is 0 Å². The third-order valence-electron chi connectivity index (χ3n) is 3.67. The minimum Gasteiger partial charge on any atom is -0.380 e. The molecule has 1 heterocycles. The van der Waals surface area contributed by atoms with E-state index in [0.29, 0.717) is 24.8 Å². The van der Waals surface area contributed by atoms with Crippen molar-refractivity contribution >= 4 is 18.3 Å². The minimum atomic E-state index is -0.136. The van der Waals surface area contributed by atoms with Crippen LogP contribution in [0.3, 0.4) is 0 Å². The molecule has 1 rings (SSSR count). The Morgan fingerprint density at radius 3 is 2.68 bits per heavy atom. The van der Waals surface area contributed by atoms with E-state index in [2.05, 4.69) is 13.8 Å². The highest BCUT2D eigenvalue weighted by Gasteiger charge is 2.25. The zero-order chi connectivity index (χ0) is 13.5. The van der Waals surface area contributed by atoms with Gasteiger partial charge in [0.25, 0.3) is 0 Å². The molecule has 0 aromatic heterocycles. The van der Waals surface area contributed by atoms with E-state index in [1.807, 2.05) is 4.90 Å². The van der Waals surface area contributed by atoms with Gasteiger partial charge in [0, 0.05) is 26.7 Å². The van der Waals surface area contributed by atoms with Gasteiger partial charge >= 0.3 is 0 Å². The number of hydrogen-bond acceptors (Lipinski definition) is 3. The van der Waals surface area contributed by atoms with E-state index in [9.17, 15) is 4.79 Å². The van der Waals surface area contributed by atoms with E-state index in [0.717, 1.165) is 19.5 Å². The van der Waals surface area contributed by atoms with Crippen molar-refractivity contribution in [3.05, 3.63) is 0 Å². The van der Waals surface area contributed by atoms with Crippen LogP contribution in [0.5, 0.6) is 0 Å². The first kappa shape index (κ1) is 18.7. The van der Waals surface area contributed by atoms with Gasteiger partial charge in [0.2, 0.25) is 5.91 Å². The molecule has 0 bridgehead atoms. The van der Waals surface area contributed by atoms with Crippen LogP contribution in [-0.2, 0) is 9.53 Å². The van der Waals surface area contributed by atoms with Crippen molar-refractivity contribution < 1.29 is 9.53 Å². The smallest absolute Gasteiger partial charge is 0.225 e. The third kappa shape index (κ3) is 6.59. The first-order valence-corrected chi connectivity index (χ1v) is 7.07. The summed E-state index contributed by atoms with van der Waals surface area (Å²) in [4.78, 5) is 14.1. The zero-order valence-electron chi connectivity index (χ0n) is 12.4. The Morgan fingerprint density at radius 1 is 1.47 bits per heavy atom. The lowest BCUT2D eigenvalue weighted by atomic mass is 9.89. The monoisotopic (exact) mass is 292 g/mol. The van der Waals surface area contributed by atoms with Gasteiger partial charge in [-0.2, -0.15) is 0 Å². The van der Waals surface area contributed by atoms with Crippen molar-refractivity contribution in [2.24, 2.45) is 17.6 Å². The van der Waals surface area contributed by atoms with Crippen molar-refractivity contribution in [2.75, 3.05) is 26.7 Å². The quantitative estimate of drug-likeness (QED) is 0.815. The van der Waals surface area contributed by atoms with Gasteiger partial charge in [0.1, 0.15) is 0 Å². The van der Waals surface area contributed by atoms with Crippen LogP contribution in [0.1, 0.15) is 39.5 Å². The van der Waals surface area contributed by atoms with Gasteiger partial charge in [-0.3, -0.25) is 4.79 Å². The number of amides is 1. The highest BCUT2D eigenvalue weighted by Crippen LogP contribution is 2.23. The minimum absolute atomic E-state index is 0. The number of ether oxygens (including phenoxy) is 1. The van der Waals surface area contributed by atoms with Crippen molar-refractivity contribution in [2.45, 2.75) is 45.6 Å². The lowest BCUT2D eigenvalue weighted by Crippen LogP contribution is -2.42. The number of halogens is 1. The molecule has 0 aromatic carbocycles. The highest BCUT2D eigenvalue weighted by atomic mass is 35.5. The summed E-state index contributed by atoms with van der Waals surface area (Å²) < 4.78 is 5.18. The molecule has 5 heteroatoms. The lowest BCUT2D eigenvalue weighted by molar-refractivity contribution is -0.135. The number of nitrogens with zero attached hydrogens (tertiary/aromatic N) is 1. The lowest BCUT2D eigenvalue weighted by Gasteiger charge is -2.34. The van der Waals surface area contributed by atoms with Crippen molar-refractivity contribution in [3.8, 4) is 0 Å². The Bertz CT molecular complexity index is 258. The summed E-state index contributed by atoms with van der Waals surface area (Å²) in [6.07, 6.45) is 3.88. The van der Waals surface area contributed by atoms with Crippen LogP contribution >= 0.6 is 12.4 Å². The number of hydrogen-bond donors (Lipinski definition) is 1. The average Bonchev–Trinajstić information content (AvgIpc) is 2.35. The standard InChI is InChI=1S/C14H28N2O2.ClH/c1-11(2)7-12-5-4-6-16(10-12)14(17)8-13(9-15)18-3;/h11-13H,4-10,15H2,1-3H3;1H. The van der Waals surface area contributed by atoms with Gasteiger partial charge in [0.15, 0.2) is 0 Å². The molecule has 1 aliphatic rings. The first-order valence-electron chi connectivity index (χ1n) is 7.07. The second-order valence-electron chi connectivity index (χ2n) is 5.78. The molecule has 114 valence electrons. The summed E-state index contributed by atoms with van der Waals surface area (Å²) in [7, 11) is 1.61. The number of likely N-dealkylation sites (tertiary alicyclic amines) is 1. The largest absolute Gasteiger partial charge is 0.380 e. The Balaban J connectivity index is 0.00000324. The van der Waals surface area contributed by atoms with Crippen LogP contribution in [0.2, 0.25) is 0 Å².